The number of rotatable bonds is 13. The molecule has 0 amide bonds. The summed E-state index contributed by atoms with van der Waals surface area (Å²) in [5.41, 5.74) is 0.0586. The minimum atomic E-state index is -1.96. The molecule has 0 aliphatic carbocycles. The van der Waals surface area contributed by atoms with Gasteiger partial charge in [-0.25, -0.2) is 0 Å². The lowest BCUT2D eigenvalue weighted by Gasteiger charge is -2.05. The Morgan fingerprint density at radius 1 is 0.778 bits per heavy atom. The first kappa shape index (κ1) is 18.1. The van der Waals surface area contributed by atoms with Crippen molar-refractivity contribution in [3.8, 4) is 0 Å². The van der Waals surface area contributed by atoms with Crippen LogP contribution in [0.5, 0.6) is 0 Å². The molecule has 0 fully saturated rings. The number of unbranched alkanes of at least 4 members (excludes halogenated alkanes) is 8. The minimum Gasteiger partial charge on any atom is -0.161 e. The average molecular weight is 275 g/mol. The van der Waals surface area contributed by atoms with Gasteiger partial charge < -0.3 is 0 Å². The van der Waals surface area contributed by atoms with E-state index in [4.69, 9.17) is 0 Å². The maximum absolute atomic E-state index is 11.3. The van der Waals surface area contributed by atoms with Crippen LogP contribution in [0.15, 0.2) is 0 Å². The van der Waals surface area contributed by atoms with Crippen LogP contribution in [0.2, 0.25) is 0 Å². The molecule has 2 nitrogen and oxygen atoms in total. The van der Waals surface area contributed by atoms with E-state index in [9.17, 15) is 9.46 Å². The molecule has 0 aromatic heterocycles. The largest absolute Gasteiger partial charge is 0.508 e. The van der Waals surface area contributed by atoms with E-state index in [2.05, 4.69) is 13.8 Å². The van der Waals surface area contributed by atoms with E-state index in [1.165, 1.54) is 51.4 Å². The second kappa shape index (κ2) is 13.5. The molecule has 18 heavy (non-hydrogen) atoms. The molecule has 0 aromatic carbocycles. The van der Waals surface area contributed by atoms with Crippen LogP contribution in [-0.4, -0.2) is 10.6 Å². The van der Waals surface area contributed by atoms with Gasteiger partial charge in [0.05, 0.1) is 0 Å². The third kappa shape index (κ3) is 11.2. The average Bonchev–Trinajstić information content (AvgIpc) is 2.35. The molecule has 0 aliphatic rings. The first-order valence-corrected chi connectivity index (χ1v) is 9.15. The SMILES string of the molecule is CCCCCCCC(CCCCCCC)[P+](=O)O. The molecule has 0 heterocycles. The zero-order valence-corrected chi connectivity index (χ0v) is 13.3. The normalized spacial score (nSPS) is 12.1. The Labute approximate surface area is 114 Å². The fourth-order valence-corrected chi connectivity index (χ4v) is 3.14. The quantitative estimate of drug-likeness (QED) is 0.340. The fraction of sp³-hybridized carbons (Fsp3) is 1.00. The van der Waals surface area contributed by atoms with Gasteiger partial charge in [0.15, 0.2) is 5.66 Å². The van der Waals surface area contributed by atoms with E-state index in [1.807, 2.05) is 0 Å². The first-order valence-electron chi connectivity index (χ1n) is 7.87. The van der Waals surface area contributed by atoms with Gasteiger partial charge >= 0.3 is 8.03 Å². The van der Waals surface area contributed by atoms with Crippen molar-refractivity contribution in [2.45, 2.75) is 96.6 Å². The van der Waals surface area contributed by atoms with E-state index >= 15 is 0 Å². The number of hydrogen-bond donors (Lipinski definition) is 1. The van der Waals surface area contributed by atoms with Crippen molar-refractivity contribution in [3.63, 3.8) is 0 Å². The molecule has 3 heteroatoms. The summed E-state index contributed by atoms with van der Waals surface area (Å²) in [7, 11) is -1.96. The number of hydrogen-bond acceptors (Lipinski definition) is 1. The Kier molecular flexibility index (Phi) is 13.5. The van der Waals surface area contributed by atoms with Gasteiger partial charge in [-0.1, -0.05) is 65.2 Å². The maximum Gasteiger partial charge on any atom is 0.508 e. The molecule has 0 radical (unpaired) electrons. The predicted molar refractivity (Wildman–Crippen MR) is 80.4 cm³/mol. The van der Waals surface area contributed by atoms with Crippen molar-refractivity contribution < 1.29 is 9.46 Å². The monoisotopic (exact) mass is 275 g/mol. The Bertz CT molecular complexity index is 181. The highest BCUT2D eigenvalue weighted by Gasteiger charge is 2.27. The third-order valence-corrected chi connectivity index (χ3v) is 4.74. The lowest BCUT2D eigenvalue weighted by atomic mass is 10.0. The van der Waals surface area contributed by atoms with Gasteiger partial charge in [-0.15, -0.1) is 0 Å². The van der Waals surface area contributed by atoms with Crippen LogP contribution >= 0.6 is 8.03 Å². The molecular formula is C15H32O2P+. The van der Waals surface area contributed by atoms with Crippen LogP contribution in [0.25, 0.3) is 0 Å². The molecule has 0 saturated carbocycles. The summed E-state index contributed by atoms with van der Waals surface area (Å²) >= 11 is 0. The standard InChI is InChI=1S/C15H31O2P/c1-3-5-7-9-11-13-15(18(16)17)14-12-10-8-6-4-2/h15H,3-14H2,1-2H3/p+1. The summed E-state index contributed by atoms with van der Waals surface area (Å²) in [4.78, 5) is 9.33. The van der Waals surface area contributed by atoms with Crippen LogP contribution in [0, 0.1) is 0 Å². The van der Waals surface area contributed by atoms with E-state index in [0.29, 0.717) is 0 Å². The van der Waals surface area contributed by atoms with Gasteiger partial charge in [0, 0.05) is 0 Å². The van der Waals surface area contributed by atoms with Crippen molar-refractivity contribution in [1.82, 2.24) is 0 Å². The molecule has 0 saturated heterocycles. The zero-order valence-electron chi connectivity index (χ0n) is 12.4. The summed E-state index contributed by atoms with van der Waals surface area (Å²) in [5.74, 6) is 0. The van der Waals surface area contributed by atoms with Crippen LogP contribution in [0.3, 0.4) is 0 Å². The molecule has 0 rings (SSSR count). The van der Waals surface area contributed by atoms with E-state index < -0.39 is 8.03 Å². The lowest BCUT2D eigenvalue weighted by Crippen LogP contribution is -2.02. The maximum atomic E-state index is 11.3. The highest BCUT2D eigenvalue weighted by Crippen LogP contribution is 2.31. The smallest absolute Gasteiger partial charge is 0.161 e. The van der Waals surface area contributed by atoms with Crippen molar-refractivity contribution in [3.05, 3.63) is 0 Å². The van der Waals surface area contributed by atoms with Crippen molar-refractivity contribution in [2.75, 3.05) is 0 Å². The van der Waals surface area contributed by atoms with Crippen LogP contribution in [0.4, 0.5) is 0 Å². The molecule has 1 N–H and O–H groups in total. The van der Waals surface area contributed by atoms with Gasteiger partial charge in [0.1, 0.15) is 0 Å². The Morgan fingerprint density at radius 3 is 1.50 bits per heavy atom. The Morgan fingerprint density at radius 2 is 1.17 bits per heavy atom. The van der Waals surface area contributed by atoms with E-state index in [0.717, 1.165) is 25.7 Å². The summed E-state index contributed by atoms with van der Waals surface area (Å²) < 4.78 is 11.3. The summed E-state index contributed by atoms with van der Waals surface area (Å²) in [6.07, 6.45) is 14.3. The molecule has 1 unspecified atom stereocenters. The predicted octanol–water partition coefficient (Wildman–Crippen LogP) is 5.81. The van der Waals surface area contributed by atoms with E-state index in [1.54, 1.807) is 0 Å². The summed E-state index contributed by atoms with van der Waals surface area (Å²) in [6.45, 7) is 4.42. The molecule has 0 aromatic rings. The van der Waals surface area contributed by atoms with Gasteiger partial charge in [-0.05, 0) is 30.2 Å². The van der Waals surface area contributed by atoms with Crippen molar-refractivity contribution in [2.24, 2.45) is 0 Å². The highest BCUT2D eigenvalue weighted by molar-refractivity contribution is 7.38. The molecular weight excluding hydrogens is 243 g/mol. The first-order chi connectivity index (χ1) is 8.72. The second-order valence-electron chi connectivity index (χ2n) is 5.36. The Balaban J connectivity index is 3.56. The lowest BCUT2D eigenvalue weighted by molar-refractivity contribution is 0.462. The fourth-order valence-electron chi connectivity index (χ4n) is 2.33. The molecule has 1 atom stereocenters. The van der Waals surface area contributed by atoms with Crippen molar-refractivity contribution >= 4 is 8.03 Å². The second-order valence-corrected chi connectivity index (χ2v) is 6.70. The third-order valence-electron chi connectivity index (χ3n) is 3.59. The molecule has 108 valence electrons. The molecule has 0 spiro atoms. The van der Waals surface area contributed by atoms with Gasteiger partial charge in [-0.2, -0.15) is 4.89 Å². The van der Waals surface area contributed by atoms with E-state index in [-0.39, 0.29) is 5.66 Å². The van der Waals surface area contributed by atoms with Gasteiger partial charge in [0.2, 0.25) is 0 Å². The molecule has 0 bridgehead atoms. The topological polar surface area (TPSA) is 37.3 Å². The molecule has 0 aliphatic heterocycles. The summed E-state index contributed by atoms with van der Waals surface area (Å²) in [5, 5.41) is 0. The van der Waals surface area contributed by atoms with Crippen LogP contribution in [0.1, 0.15) is 90.9 Å². The van der Waals surface area contributed by atoms with Gasteiger partial charge in [0.25, 0.3) is 0 Å². The van der Waals surface area contributed by atoms with Gasteiger partial charge in [-0.3, -0.25) is 0 Å². The van der Waals surface area contributed by atoms with Crippen LogP contribution in [-0.2, 0) is 4.57 Å². The Hall–Kier alpha value is 0.0600. The zero-order chi connectivity index (χ0) is 13.6. The summed E-state index contributed by atoms with van der Waals surface area (Å²) in [6, 6.07) is 0. The highest BCUT2D eigenvalue weighted by atomic mass is 31.1. The van der Waals surface area contributed by atoms with Crippen LogP contribution < -0.4 is 0 Å². The van der Waals surface area contributed by atoms with Crippen molar-refractivity contribution in [1.29, 1.82) is 0 Å². The minimum absolute atomic E-state index is 0.0586.